The molecule has 3 nitrogen and oxygen atoms in total. The van der Waals surface area contributed by atoms with E-state index in [9.17, 15) is 4.79 Å². The van der Waals surface area contributed by atoms with Crippen molar-refractivity contribution in [2.45, 2.75) is 6.92 Å². The quantitative estimate of drug-likeness (QED) is 0.905. The van der Waals surface area contributed by atoms with Crippen molar-refractivity contribution in [3.05, 3.63) is 57.7 Å². The molecule has 1 N–H and O–H groups in total. The lowest BCUT2D eigenvalue weighted by Gasteiger charge is -2.06. The third kappa shape index (κ3) is 3.00. The SMILES string of the molecule is Cc1cccc(C(=O)Nc2ncc(Cl)cc2Cl)c1. The van der Waals surface area contributed by atoms with Crippen molar-refractivity contribution < 1.29 is 4.79 Å². The second-order valence-electron chi connectivity index (χ2n) is 3.81. The first-order chi connectivity index (χ1) is 8.56. The third-order valence-electron chi connectivity index (χ3n) is 2.32. The molecule has 0 unspecified atom stereocenters. The number of hydrogen-bond donors (Lipinski definition) is 1. The van der Waals surface area contributed by atoms with Crippen LogP contribution >= 0.6 is 23.2 Å². The lowest BCUT2D eigenvalue weighted by atomic mass is 10.1. The third-order valence-corrected chi connectivity index (χ3v) is 2.81. The van der Waals surface area contributed by atoms with Crippen LogP contribution in [0.3, 0.4) is 0 Å². The van der Waals surface area contributed by atoms with Gasteiger partial charge >= 0.3 is 0 Å². The zero-order valence-corrected chi connectivity index (χ0v) is 11.1. The fraction of sp³-hybridized carbons (Fsp3) is 0.0769. The topological polar surface area (TPSA) is 42.0 Å². The number of nitrogens with one attached hydrogen (secondary N) is 1. The highest BCUT2D eigenvalue weighted by Crippen LogP contribution is 2.23. The van der Waals surface area contributed by atoms with Gasteiger partial charge in [-0.15, -0.1) is 0 Å². The number of aromatic nitrogens is 1. The van der Waals surface area contributed by atoms with Crippen LogP contribution in [-0.4, -0.2) is 10.9 Å². The summed E-state index contributed by atoms with van der Waals surface area (Å²) in [4.78, 5) is 15.9. The Bertz CT molecular complexity index is 599. The predicted molar refractivity (Wildman–Crippen MR) is 73.4 cm³/mol. The average molecular weight is 281 g/mol. The standard InChI is InChI=1S/C13H10Cl2N2O/c1-8-3-2-4-9(5-8)13(18)17-12-11(15)6-10(14)7-16-12/h2-7H,1H3,(H,16,17,18). The van der Waals surface area contributed by atoms with Crippen molar-refractivity contribution in [2.24, 2.45) is 0 Å². The summed E-state index contributed by atoms with van der Waals surface area (Å²) >= 11 is 11.7. The fourth-order valence-corrected chi connectivity index (χ4v) is 1.90. The number of carbonyl (C=O) groups excluding carboxylic acids is 1. The number of carbonyl (C=O) groups is 1. The van der Waals surface area contributed by atoms with Crippen LogP contribution < -0.4 is 5.32 Å². The maximum absolute atomic E-state index is 12.0. The van der Waals surface area contributed by atoms with Gasteiger partial charge in [-0.1, -0.05) is 40.9 Å². The molecular weight excluding hydrogens is 271 g/mol. The Balaban J connectivity index is 2.21. The van der Waals surface area contributed by atoms with Gasteiger partial charge in [-0.3, -0.25) is 4.79 Å². The molecule has 0 aliphatic carbocycles. The summed E-state index contributed by atoms with van der Waals surface area (Å²) in [6.45, 7) is 1.92. The van der Waals surface area contributed by atoms with Gasteiger partial charge in [0.2, 0.25) is 0 Å². The first-order valence-electron chi connectivity index (χ1n) is 5.25. The monoisotopic (exact) mass is 280 g/mol. The van der Waals surface area contributed by atoms with E-state index in [2.05, 4.69) is 10.3 Å². The minimum absolute atomic E-state index is 0.254. The molecule has 0 spiro atoms. The molecule has 0 radical (unpaired) electrons. The van der Waals surface area contributed by atoms with E-state index < -0.39 is 0 Å². The number of nitrogens with zero attached hydrogens (tertiary/aromatic N) is 1. The van der Waals surface area contributed by atoms with E-state index in [1.54, 1.807) is 12.1 Å². The summed E-state index contributed by atoms with van der Waals surface area (Å²) in [6, 6.07) is 8.79. The van der Waals surface area contributed by atoms with E-state index in [1.165, 1.54) is 12.3 Å². The summed E-state index contributed by atoms with van der Waals surface area (Å²) in [5, 5.41) is 3.37. The zero-order chi connectivity index (χ0) is 13.1. The van der Waals surface area contributed by atoms with Gasteiger partial charge in [-0.2, -0.15) is 0 Å². The number of rotatable bonds is 2. The minimum Gasteiger partial charge on any atom is -0.305 e. The van der Waals surface area contributed by atoms with Gasteiger partial charge in [0.15, 0.2) is 5.82 Å². The van der Waals surface area contributed by atoms with E-state index in [0.717, 1.165) is 5.56 Å². The first-order valence-corrected chi connectivity index (χ1v) is 6.01. The van der Waals surface area contributed by atoms with Crippen LogP contribution in [-0.2, 0) is 0 Å². The molecule has 1 aromatic heterocycles. The van der Waals surface area contributed by atoms with Gasteiger partial charge in [0, 0.05) is 11.8 Å². The van der Waals surface area contributed by atoms with Crippen LogP contribution in [0.25, 0.3) is 0 Å². The summed E-state index contributed by atoms with van der Waals surface area (Å²) in [7, 11) is 0. The largest absolute Gasteiger partial charge is 0.305 e. The molecule has 92 valence electrons. The highest BCUT2D eigenvalue weighted by atomic mass is 35.5. The summed E-state index contributed by atoms with van der Waals surface area (Å²) < 4.78 is 0. The van der Waals surface area contributed by atoms with Crippen molar-refractivity contribution >= 4 is 34.9 Å². The van der Waals surface area contributed by atoms with E-state index in [-0.39, 0.29) is 5.91 Å². The molecule has 0 atom stereocenters. The average Bonchev–Trinajstić information content (AvgIpc) is 2.32. The van der Waals surface area contributed by atoms with Crippen molar-refractivity contribution in [1.82, 2.24) is 4.98 Å². The molecule has 1 amide bonds. The summed E-state index contributed by atoms with van der Waals surface area (Å²) in [5.41, 5.74) is 1.57. The Morgan fingerprint density at radius 3 is 2.72 bits per heavy atom. The van der Waals surface area contributed by atoms with Gasteiger partial charge in [0.05, 0.1) is 10.0 Å². The molecule has 0 aliphatic rings. The van der Waals surface area contributed by atoms with Crippen molar-refractivity contribution in [3.8, 4) is 0 Å². The number of aryl methyl sites for hydroxylation is 1. The van der Waals surface area contributed by atoms with Crippen molar-refractivity contribution in [2.75, 3.05) is 5.32 Å². The normalized spacial score (nSPS) is 10.2. The molecule has 18 heavy (non-hydrogen) atoms. The van der Waals surface area contributed by atoms with Crippen LogP contribution in [0.2, 0.25) is 10.0 Å². The molecule has 2 aromatic rings. The molecule has 0 bridgehead atoms. The second kappa shape index (κ2) is 5.38. The smallest absolute Gasteiger partial charge is 0.256 e. The Labute approximate surface area is 115 Å². The first kappa shape index (κ1) is 12.9. The summed E-state index contributed by atoms with van der Waals surface area (Å²) in [5.74, 6) is 0.0444. The molecule has 0 saturated heterocycles. The summed E-state index contributed by atoms with van der Waals surface area (Å²) in [6.07, 6.45) is 1.43. The number of amides is 1. The number of pyridine rings is 1. The maximum atomic E-state index is 12.0. The van der Waals surface area contributed by atoms with Gasteiger partial charge in [0.1, 0.15) is 0 Å². The highest BCUT2D eigenvalue weighted by molar-refractivity contribution is 6.36. The molecule has 0 saturated carbocycles. The lowest BCUT2D eigenvalue weighted by molar-refractivity contribution is 0.102. The van der Waals surface area contributed by atoms with Crippen molar-refractivity contribution in [3.63, 3.8) is 0 Å². The van der Waals surface area contributed by atoms with Crippen LogP contribution in [0, 0.1) is 6.92 Å². The van der Waals surface area contributed by atoms with Crippen LogP contribution in [0.5, 0.6) is 0 Å². The molecule has 5 heteroatoms. The molecule has 1 heterocycles. The van der Waals surface area contributed by atoms with Gasteiger partial charge < -0.3 is 5.32 Å². The van der Waals surface area contributed by atoms with E-state index >= 15 is 0 Å². The van der Waals surface area contributed by atoms with E-state index in [0.29, 0.717) is 21.4 Å². The minimum atomic E-state index is -0.254. The van der Waals surface area contributed by atoms with Crippen molar-refractivity contribution in [1.29, 1.82) is 0 Å². The van der Waals surface area contributed by atoms with Gasteiger partial charge in [-0.05, 0) is 25.1 Å². The van der Waals surface area contributed by atoms with Gasteiger partial charge in [0.25, 0.3) is 5.91 Å². The maximum Gasteiger partial charge on any atom is 0.256 e. The molecule has 1 aromatic carbocycles. The van der Waals surface area contributed by atoms with Crippen LogP contribution in [0.15, 0.2) is 36.5 Å². The Morgan fingerprint density at radius 1 is 1.28 bits per heavy atom. The second-order valence-corrected chi connectivity index (χ2v) is 4.65. The molecule has 0 aliphatic heterocycles. The predicted octanol–water partition coefficient (Wildman–Crippen LogP) is 3.95. The highest BCUT2D eigenvalue weighted by Gasteiger charge is 2.09. The number of benzene rings is 1. The molecule has 0 fully saturated rings. The Morgan fingerprint density at radius 2 is 2.06 bits per heavy atom. The van der Waals surface area contributed by atoms with Gasteiger partial charge in [-0.25, -0.2) is 4.98 Å². The number of halogens is 2. The number of hydrogen-bond acceptors (Lipinski definition) is 2. The fourth-order valence-electron chi connectivity index (χ4n) is 1.47. The molecule has 2 rings (SSSR count). The Kier molecular flexibility index (Phi) is 3.84. The molecular formula is C13H10Cl2N2O. The number of anilines is 1. The van der Waals surface area contributed by atoms with Crippen LogP contribution in [0.4, 0.5) is 5.82 Å². The van der Waals surface area contributed by atoms with Crippen LogP contribution in [0.1, 0.15) is 15.9 Å². The Hall–Kier alpha value is -1.58. The van der Waals surface area contributed by atoms with E-state index in [1.807, 2.05) is 19.1 Å². The lowest BCUT2D eigenvalue weighted by Crippen LogP contribution is -2.13. The van der Waals surface area contributed by atoms with E-state index in [4.69, 9.17) is 23.2 Å². The zero-order valence-electron chi connectivity index (χ0n) is 9.58.